The van der Waals surface area contributed by atoms with Gasteiger partial charge in [-0.2, -0.15) is 0 Å². The lowest BCUT2D eigenvalue weighted by molar-refractivity contribution is -0.137. The third-order valence-electron chi connectivity index (χ3n) is 5.41. The Morgan fingerprint density at radius 1 is 0.763 bits per heavy atom. The number of carbonyl (C=O) groups excluding carboxylic acids is 2. The van der Waals surface area contributed by atoms with Gasteiger partial charge in [-0.15, -0.1) is 0 Å². The molecule has 3 aromatic rings. The first-order valence-electron chi connectivity index (χ1n) is 11.1. The number of hydrogen-bond donors (Lipinski definition) is 6. The second-order valence-corrected chi connectivity index (χ2v) is 8.35. The highest BCUT2D eigenvalue weighted by atomic mass is 19.1. The second kappa shape index (κ2) is 12.4. The van der Waals surface area contributed by atoms with Crippen LogP contribution in [0.15, 0.2) is 60.7 Å². The van der Waals surface area contributed by atoms with E-state index >= 15 is 0 Å². The first-order valence-corrected chi connectivity index (χ1v) is 11.1. The molecule has 196 valence electrons. The number of carboxylic acid groups (broad SMARTS) is 1. The quantitative estimate of drug-likeness (QED) is 0.183. The third kappa shape index (κ3) is 7.70. The number of carbonyl (C=O) groups is 3. The van der Waals surface area contributed by atoms with Crippen LogP contribution >= 0.6 is 0 Å². The number of hydrogen-bond acceptors (Lipinski definition) is 7. The number of rotatable bonds is 10. The monoisotopic (exact) mass is 526 g/mol. The fourth-order valence-corrected chi connectivity index (χ4v) is 3.59. The van der Waals surface area contributed by atoms with Gasteiger partial charge in [0.1, 0.15) is 18.2 Å². The predicted molar refractivity (Wildman–Crippen MR) is 132 cm³/mol. The van der Waals surface area contributed by atoms with Gasteiger partial charge in [0.05, 0.1) is 0 Å². The minimum Gasteiger partial charge on any atom is -0.480 e. The molecule has 10 nitrogen and oxygen atoms in total. The van der Waals surface area contributed by atoms with Crippen molar-refractivity contribution in [2.45, 2.75) is 13.1 Å². The standard InChI is InChI=1S/C24H22B2F2N2O8/c27-20-7-16(5-18(9-20)25(35)36)23(33)29-11-14-1-3-15(4-2-14)12-30(13-22(31)32)24(34)17-6-19(26(37)38)10-21(28)8-17/h1-10,35-38H,11-13H2,(H,29,33)(H,31,32). The van der Waals surface area contributed by atoms with Gasteiger partial charge < -0.3 is 35.4 Å². The highest BCUT2D eigenvalue weighted by molar-refractivity contribution is 6.59. The van der Waals surface area contributed by atoms with Gasteiger partial charge in [0.15, 0.2) is 0 Å². The van der Waals surface area contributed by atoms with Gasteiger partial charge in [-0.1, -0.05) is 24.3 Å². The Labute approximate surface area is 216 Å². The van der Waals surface area contributed by atoms with Gasteiger partial charge >= 0.3 is 20.2 Å². The van der Waals surface area contributed by atoms with Crippen LogP contribution in [-0.4, -0.2) is 68.7 Å². The summed E-state index contributed by atoms with van der Waals surface area (Å²) in [7, 11) is -3.97. The molecule has 0 bridgehead atoms. The summed E-state index contributed by atoms with van der Waals surface area (Å²) in [5, 5.41) is 48.8. The van der Waals surface area contributed by atoms with Crippen LogP contribution < -0.4 is 16.2 Å². The molecule has 3 aromatic carbocycles. The van der Waals surface area contributed by atoms with E-state index in [1.807, 2.05) is 0 Å². The average molecular weight is 526 g/mol. The van der Waals surface area contributed by atoms with Crippen LogP contribution in [0.4, 0.5) is 8.78 Å². The van der Waals surface area contributed by atoms with Gasteiger partial charge in [-0.05, 0) is 58.5 Å². The maximum absolute atomic E-state index is 13.9. The number of nitrogens with one attached hydrogen (secondary N) is 1. The first-order chi connectivity index (χ1) is 17.9. The lowest BCUT2D eigenvalue weighted by Gasteiger charge is -2.21. The van der Waals surface area contributed by atoms with E-state index in [0.717, 1.165) is 41.3 Å². The van der Waals surface area contributed by atoms with Crippen LogP contribution in [0.1, 0.15) is 31.8 Å². The van der Waals surface area contributed by atoms with Crippen LogP contribution in [-0.2, 0) is 17.9 Å². The minimum absolute atomic E-state index is 0.0277. The fourth-order valence-electron chi connectivity index (χ4n) is 3.59. The molecule has 0 fully saturated rings. The zero-order chi connectivity index (χ0) is 28.0. The summed E-state index contributed by atoms with van der Waals surface area (Å²) in [5.74, 6) is -4.52. The number of aliphatic carboxylic acids is 1. The van der Waals surface area contributed by atoms with Crippen molar-refractivity contribution >= 4 is 42.9 Å². The Balaban J connectivity index is 1.70. The molecule has 0 spiro atoms. The summed E-state index contributed by atoms with van der Waals surface area (Å²) in [4.78, 5) is 37.5. The van der Waals surface area contributed by atoms with E-state index in [1.165, 1.54) is 0 Å². The van der Waals surface area contributed by atoms with Crippen LogP contribution in [0, 0.1) is 11.6 Å². The summed E-state index contributed by atoms with van der Waals surface area (Å²) in [6.45, 7) is -0.844. The van der Waals surface area contributed by atoms with Crippen LogP contribution in [0.2, 0.25) is 0 Å². The molecule has 0 aromatic heterocycles. The molecule has 0 saturated heterocycles. The van der Waals surface area contributed by atoms with Crippen molar-refractivity contribution in [3.8, 4) is 0 Å². The Morgan fingerprint density at radius 3 is 1.79 bits per heavy atom. The van der Waals surface area contributed by atoms with Gasteiger partial charge in [0.2, 0.25) is 0 Å². The molecule has 0 radical (unpaired) electrons. The van der Waals surface area contributed by atoms with E-state index in [9.17, 15) is 48.4 Å². The summed E-state index contributed by atoms with van der Waals surface area (Å²) >= 11 is 0. The number of halogens is 2. The van der Waals surface area contributed by atoms with Gasteiger partial charge in [0.25, 0.3) is 11.8 Å². The minimum atomic E-state index is -2.03. The molecule has 6 N–H and O–H groups in total. The van der Waals surface area contributed by atoms with Crippen molar-refractivity contribution in [2.75, 3.05) is 6.54 Å². The SMILES string of the molecule is O=C(O)CN(Cc1ccc(CNC(=O)c2cc(F)cc(B(O)O)c2)cc1)C(=O)c1cc(F)cc(B(O)O)c1. The summed E-state index contributed by atoms with van der Waals surface area (Å²) < 4.78 is 27.5. The Hall–Kier alpha value is -4.10. The van der Waals surface area contributed by atoms with Crippen molar-refractivity contribution in [2.24, 2.45) is 0 Å². The fraction of sp³-hybridized carbons (Fsp3) is 0.125. The van der Waals surface area contributed by atoms with Crippen molar-refractivity contribution < 1.29 is 48.4 Å². The van der Waals surface area contributed by atoms with E-state index in [4.69, 9.17) is 0 Å². The molecular formula is C24H22B2F2N2O8. The summed E-state index contributed by atoms with van der Waals surface area (Å²) in [5.41, 5.74) is 0.313. The van der Waals surface area contributed by atoms with Crippen molar-refractivity contribution in [1.82, 2.24) is 10.2 Å². The predicted octanol–water partition coefficient (Wildman–Crippen LogP) is -1.02. The highest BCUT2D eigenvalue weighted by Gasteiger charge is 2.22. The van der Waals surface area contributed by atoms with Crippen LogP contribution in [0.3, 0.4) is 0 Å². The summed E-state index contributed by atoms with van der Waals surface area (Å²) in [6.07, 6.45) is 0. The zero-order valence-electron chi connectivity index (χ0n) is 19.7. The lowest BCUT2D eigenvalue weighted by Crippen LogP contribution is -2.37. The average Bonchev–Trinajstić information content (AvgIpc) is 2.86. The van der Waals surface area contributed by atoms with Crippen molar-refractivity contribution in [1.29, 1.82) is 0 Å². The molecule has 0 aliphatic heterocycles. The maximum atomic E-state index is 13.9. The number of nitrogens with zero attached hydrogens (tertiary/aromatic N) is 1. The number of carboxylic acids is 1. The molecule has 0 aliphatic carbocycles. The smallest absolute Gasteiger partial charge is 0.480 e. The van der Waals surface area contributed by atoms with Gasteiger partial charge in [-0.25, -0.2) is 8.78 Å². The van der Waals surface area contributed by atoms with Gasteiger partial charge in [0, 0.05) is 24.2 Å². The summed E-state index contributed by atoms with van der Waals surface area (Å²) in [6, 6.07) is 12.1. The molecule has 3 rings (SSSR count). The third-order valence-corrected chi connectivity index (χ3v) is 5.41. The van der Waals surface area contributed by atoms with E-state index in [2.05, 4.69) is 5.32 Å². The molecule has 0 saturated carbocycles. The van der Waals surface area contributed by atoms with Crippen molar-refractivity contribution in [3.63, 3.8) is 0 Å². The van der Waals surface area contributed by atoms with E-state index in [-0.39, 0.29) is 35.1 Å². The van der Waals surface area contributed by atoms with Crippen LogP contribution in [0.5, 0.6) is 0 Å². The van der Waals surface area contributed by atoms with E-state index in [0.29, 0.717) is 11.1 Å². The zero-order valence-corrected chi connectivity index (χ0v) is 19.7. The number of benzene rings is 3. The Kier molecular flexibility index (Phi) is 9.31. The van der Waals surface area contributed by atoms with E-state index in [1.54, 1.807) is 24.3 Å². The Bertz CT molecular complexity index is 1340. The Morgan fingerprint density at radius 2 is 1.26 bits per heavy atom. The largest absolute Gasteiger partial charge is 0.488 e. The molecule has 0 heterocycles. The van der Waals surface area contributed by atoms with E-state index < -0.39 is 50.2 Å². The number of amides is 2. The van der Waals surface area contributed by atoms with Gasteiger partial charge in [-0.3, -0.25) is 14.4 Å². The van der Waals surface area contributed by atoms with Crippen LogP contribution in [0.25, 0.3) is 0 Å². The highest BCUT2D eigenvalue weighted by Crippen LogP contribution is 2.13. The normalized spacial score (nSPS) is 10.6. The molecule has 38 heavy (non-hydrogen) atoms. The lowest BCUT2D eigenvalue weighted by atomic mass is 9.79. The molecule has 14 heteroatoms. The topological polar surface area (TPSA) is 168 Å². The first kappa shape index (κ1) is 28.5. The maximum Gasteiger partial charge on any atom is 0.488 e. The molecule has 0 unspecified atom stereocenters. The second-order valence-electron chi connectivity index (χ2n) is 8.35. The molecule has 0 aliphatic rings. The molecule has 2 amide bonds. The molecular weight excluding hydrogens is 504 g/mol. The van der Waals surface area contributed by atoms with Crippen molar-refractivity contribution in [3.05, 3.63) is 94.6 Å². The molecule has 0 atom stereocenters.